The van der Waals surface area contributed by atoms with E-state index < -0.39 is 29.5 Å². The number of nitrogens with one attached hydrogen (secondary N) is 1. The minimum Gasteiger partial charge on any atom is -0.478 e. The fraction of sp³-hybridized carbons (Fsp3) is 0.556. The molecule has 272 valence electrons. The van der Waals surface area contributed by atoms with Crippen molar-refractivity contribution in [1.82, 2.24) is 9.97 Å². The Morgan fingerprint density at radius 3 is 2.33 bits per heavy atom. The van der Waals surface area contributed by atoms with Crippen molar-refractivity contribution in [3.05, 3.63) is 65.2 Å². The number of carboxylic acid groups (broad SMARTS) is 1. The summed E-state index contributed by atoms with van der Waals surface area (Å²) in [7, 11) is 0. The van der Waals surface area contributed by atoms with Crippen molar-refractivity contribution in [1.29, 1.82) is 0 Å². The molecule has 0 spiro atoms. The molecule has 1 atom stereocenters. The number of carbonyl (C=O) groups is 2. The predicted molar refractivity (Wildman–Crippen MR) is 187 cm³/mol. The third-order valence-electron chi connectivity index (χ3n) is 7.73. The number of ether oxygens (including phenoxy) is 1. The lowest BCUT2D eigenvalue weighted by Gasteiger charge is -2.33. The van der Waals surface area contributed by atoms with Crippen molar-refractivity contribution in [2.24, 2.45) is 5.92 Å². The molecule has 2 aromatic rings. The Balaban J connectivity index is 0.00000132. The van der Waals surface area contributed by atoms with Crippen LogP contribution in [0.5, 0.6) is 0 Å². The highest BCUT2D eigenvalue weighted by Crippen LogP contribution is 2.35. The van der Waals surface area contributed by atoms with Gasteiger partial charge in [0, 0.05) is 26.2 Å². The van der Waals surface area contributed by atoms with Crippen LogP contribution in [0, 0.1) is 5.92 Å². The van der Waals surface area contributed by atoms with Gasteiger partial charge in [-0.3, -0.25) is 4.79 Å². The molecule has 0 saturated carbocycles. The number of carbonyl (C=O) groups excluding carboxylic acids is 1. The smallest absolute Gasteiger partial charge is 0.437 e. The van der Waals surface area contributed by atoms with Gasteiger partial charge >= 0.3 is 12.1 Å². The maximum absolute atomic E-state index is 13.7. The van der Waals surface area contributed by atoms with Gasteiger partial charge in [-0.15, -0.1) is 0 Å². The van der Waals surface area contributed by atoms with E-state index in [1.54, 1.807) is 29.2 Å². The average Bonchev–Trinajstić information content (AvgIpc) is 3.45. The Hall–Kier alpha value is -4.13. The molecular weight excluding hydrogens is 639 g/mol. The van der Waals surface area contributed by atoms with Crippen LogP contribution in [0.2, 0.25) is 0 Å². The summed E-state index contributed by atoms with van der Waals surface area (Å²) in [6.45, 7) is 16.5. The van der Waals surface area contributed by atoms with Gasteiger partial charge in [-0.05, 0) is 55.7 Å². The summed E-state index contributed by atoms with van der Waals surface area (Å²) >= 11 is 0. The SMILES string of the molecule is CC.CC.CC.CC1CCCN(c2nc(C(F)(F)F)c(C(=O)Nc3ccc(N4CCC(OCC5=CC=CCC=C5C(=O)O)CC4)nc3)o2)C1. The summed E-state index contributed by atoms with van der Waals surface area (Å²) in [6, 6.07) is 3.06. The van der Waals surface area contributed by atoms with Crippen LogP contribution in [0.4, 0.5) is 30.7 Å². The molecule has 4 heterocycles. The molecule has 0 aromatic carbocycles. The Morgan fingerprint density at radius 1 is 1.04 bits per heavy atom. The quantitative estimate of drug-likeness (QED) is 0.281. The maximum atomic E-state index is 13.7. The van der Waals surface area contributed by atoms with E-state index in [2.05, 4.69) is 15.3 Å². The second-order valence-corrected chi connectivity index (χ2v) is 11.0. The number of carboxylic acids is 1. The zero-order valence-corrected chi connectivity index (χ0v) is 29.8. The van der Waals surface area contributed by atoms with Crippen LogP contribution in [0.15, 0.2) is 58.2 Å². The van der Waals surface area contributed by atoms with Gasteiger partial charge in [0.2, 0.25) is 5.76 Å². The third-order valence-corrected chi connectivity index (χ3v) is 7.73. The number of aliphatic carboxylic acids is 1. The number of pyridine rings is 1. The third kappa shape index (κ3) is 11.8. The van der Waals surface area contributed by atoms with Crippen LogP contribution in [0.3, 0.4) is 0 Å². The molecule has 3 aliphatic rings. The number of nitrogens with zero attached hydrogens (tertiary/aromatic N) is 4. The van der Waals surface area contributed by atoms with Gasteiger partial charge in [0.05, 0.1) is 30.2 Å². The van der Waals surface area contributed by atoms with E-state index in [1.807, 2.05) is 65.5 Å². The number of hydrogen-bond acceptors (Lipinski definition) is 8. The van der Waals surface area contributed by atoms with E-state index in [1.165, 1.54) is 6.20 Å². The van der Waals surface area contributed by atoms with Gasteiger partial charge in [0.15, 0.2) is 5.69 Å². The zero-order valence-electron chi connectivity index (χ0n) is 29.8. The molecule has 2 N–H and O–H groups in total. The number of rotatable bonds is 8. The standard InChI is InChI=1S/C30H34F3N5O5.3C2H6/c1-19-6-5-13-38(17-19)29-36-26(30(31,32)33)25(43-29)27(39)35-21-9-10-24(34-16-21)37-14-11-22(12-15-37)42-18-20-7-3-2-4-8-23(20)28(40)41;3*1-2/h2-3,7-10,16,19,22H,4-6,11-15,17-18H2,1H3,(H,35,39)(H,40,41);3*1-2H3. The first-order valence-electron chi connectivity index (χ1n) is 17.3. The van der Waals surface area contributed by atoms with Gasteiger partial charge in [0.1, 0.15) is 5.82 Å². The molecule has 2 aliphatic heterocycles. The molecule has 49 heavy (non-hydrogen) atoms. The number of anilines is 3. The molecule has 10 nitrogen and oxygen atoms in total. The van der Waals surface area contributed by atoms with Gasteiger partial charge < -0.3 is 29.4 Å². The van der Waals surface area contributed by atoms with Crippen LogP contribution in [-0.4, -0.2) is 65.8 Å². The molecule has 13 heteroatoms. The maximum Gasteiger partial charge on any atom is 0.437 e. The van der Waals surface area contributed by atoms with Crippen LogP contribution in [0.1, 0.15) is 96.8 Å². The van der Waals surface area contributed by atoms with Crippen molar-refractivity contribution in [3.63, 3.8) is 0 Å². The molecule has 5 rings (SSSR count). The first kappa shape index (κ1) is 41.0. The molecule has 2 fully saturated rings. The summed E-state index contributed by atoms with van der Waals surface area (Å²) in [4.78, 5) is 36.2. The largest absolute Gasteiger partial charge is 0.478 e. The van der Waals surface area contributed by atoms with Crippen molar-refractivity contribution >= 4 is 29.4 Å². The minimum atomic E-state index is -4.85. The average molecular weight is 692 g/mol. The molecular formula is C36H52F3N5O5. The van der Waals surface area contributed by atoms with E-state index in [0.29, 0.717) is 56.8 Å². The first-order chi connectivity index (χ1) is 23.6. The number of aromatic nitrogens is 2. The van der Waals surface area contributed by atoms with Gasteiger partial charge in [0.25, 0.3) is 11.9 Å². The van der Waals surface area contributed by atoms with Crippen LogP contribution >= 0.6 is 0 Å². The van der Waals surface area contributed by atoms with Crippen molar-refractivity contribution < 1.29 is 37.0 Å². The van der Waals surface area contributed by atoms with Crippen molar-refractivity contribution in [3.8, 4) is 0 Å². The molecule has 0 radical (unpaired) electrons. The van der Waals surface area contributed by atoms with Crippen molar-refractivity contribution in [2.75, 3.05) is 47.9 Å². The van der Waals surface area contributed by atoms with Crippen LogP contribution in [-0.2, 0) is 15.7 Å². The van der Waals surface area contributed by atoms with E-state index in [0.717, 1.165) is 12.8 Å². The molecule has 2 aromatic heterocycles. The topological polar surface area (TPSA) is 121 Å². The highest BCUT2D eigenvalue weighted by Gasteiger charge is 2.42. The Labute approximate surface area is 288 Å². The highest BCUT2D eigenvalue weighted by atomic mass is 19.4. The molecule has 2 saturated heterocycles. The lowest BCUT2D eigenvalue weighted by Crippen LogP contribution is -2.37. The lowest BCUT2D eigenvalue weighted by atomic mass is 10.0. The number of alkyl halides is 3. The van der Waals surface area contributed by atoms with Crippen molar-refractivity contribution in [2.45, 2.75) is 92.9 Å². The summed E-state index contributed by atoms with van der Waals surface area (Å²) < 4.78 is 52.6. The molecule has 1 amide bonds. The zero-order chi connectivity index (χ0) is 36.6. The van der Waals surface area contributed by atoms with Gasteiger partial charge in [-0.2, -0.15) is 18.2 Å². The summed E-state index contributed by atoms with van der Waals surface area (Å²) in [5.41, 5.74) is -0.241. The molecule has 0 bridgehead atoms. The van der Waals surface area contributed by atoms with E-state index in [-0.39, 0.29) is 35.9 Å². The molecule has 1 aliphatic carbocycles. The summed E-state index contributed by atoms with van der Waals surface area (Å²) in [5, 5.41) is 11.9. The molecule has 1 unspecified atom stereocenters. The van der Waals surface area contributed by atoms with E-state index >= 15 is 0 Å². The Morgan fingerprint density at radius 2 is 1.73 bits per heavy atom. The van der Waals surface area contributed by atoms with Crippen LogP contribution in [0.25, 0.3) is 0 Å². The summed E-state index contributed by atoms with van der Waals surface area (Å²) in [5.74, 6) is -1.97. The first-order valence-corrected chi connectivity index (χ1v) is 17.3. The predicted octanol–water partition coefficient (Wildman–Crippen LogP) is 8.54. The second-order valence-electron chi connectivity index (χ2n) is 11.0. The minimum absolute atomic E-state index is 0.0410. The van der Waals surface area contributed by atoms with E-state index in [9.17, 15) is 27.9 Å². The van der Waals surface area contributed by atoms with Crippen LogP contribution < -0.4 is 15.1 Å². The number of amides is 1. The number of allylic oxidation sites excluding steroid dienone is 4. The van der Waals surface area contributed by atoms with Gasteiger partial charge in [-0.25, -0.2) is 9.78 Å². The fourth-order valence-corrected chi connectivity index (χ4v) is 5.47. The number of hydrogen-bond donors (Lipinski definition) is 2. The highest BCUT2D eigenvalue weighted by molar-refractivity contribution is 6.03. The monoisotopic (exact) mass is 691 g/mol. The van der Waals surface area contributed by atoms with E-state index in [4.69, 9.17) is 9.15 Å². The number of halogens is 3. The Kier molecular flexibility index (Phi) is 17.1. The lowest BCUT2D eigenvalue weighted by molar-refractivity contribution is -0.141. The number of oxazole rings is 1. The Bertz CT molecular complexity index is 1410. The van der Waals surface area contributed by atoms with Gasteiger partial charge in [-0.1, -0.05) is 72.8 Å². The normalized spacial score (nSPS) is 17.9. The number of piperidine rings is 2. The summed E-state index contributed by atoms with van der Waals surface area (Å²) in [6.07, 6.45) is 7.40. The fourth-order valence-electron chi connectivity index (χ4n) is 5.47. The second kappa shape index (κ2) is 20.4.